The number of aliphatic hydroxyl groups excluding tert-OH is 1. The minimum absolute atomic E-state index is 0.0160. The molecule has 0 spiro atoms. The van der Waals surface area contributed by atoms with Gasteiger partial charge in [0.15, 0.2) is 0 Å². The van der Waals surface area contributed by atoms with Crippen molar-refractivity contribution >= 4 is 0 Å². The third-order valence-electron chi connectivity index (χ3n) is 2.66. The molecule has 85 valence electrons. The smallest absolute Gasteiger partial charge is 0.0991 e. The van der Waals surface area contributed by atoms with E-state index in [4.69, 9.17) is 10.4 Å². The van der Waals surface area contributed by atoms with E-state index in [-0.39, 0.29) is 12.5 Å². The maximum Gasteiger partial charge on any atom is 0.0991 e. The second-order valence-electron chi connectivity index (χ2n) is 4.06. The predicted molar refractivity (Wildman–Crippen MR) is 65.0 cm³/mol. The van der Waals surface area contributed by atoms with Crippen molar-refractivity contribution in [3.63, 3.8) is 0 Å². The molecule has 1 N–H and O–H groups in total. The Morgan fingerprint density at radius 3 is 2.75 bits per heavy atom. The van der Waals surface area contributed by atoms with Gasteiger partial charge in [-0.15, -0.1) is 0 Å². The molecule has 0 fully saturated rings. The topological polar surface area (TPSA) is 44.0 Å². The van der Waals surface area contributed by atoms with Crippen molar-refractivity contribution in [2.24, 2.45) is 0 Å². The molecule has 1 atom stereocenters. The van der Waals surface area contributed by atoms with Gasteiger partial charge in [-0.3, -0.25) is 0 Å². The summed E-state index contributed by atoms with van der Waals surface area (Å²) < 4.78 is 0. The van der Waals surface area contributed by atoms with Gasteiger partial charge in [-0.2, -0.15) is 5.26 Å². The van der Waals surface area contributed by atoms with Gasteiger partial charge in [0.25, 0.3) is 0 Å². The summed E-state index contributed by atoms with van der Waals surface area (Å²) in [7, 11) is 0. The Morgan fingerprint density at radius 1 is 1.44 bits per heavy atom. The number of unbranched alkanes of at least 4 members (excludes halogenated alkanes) is 1. The lowest BCUT2D eigenvalue weighted by Crippen LogP contribution is -2.01. The van der Waals surface area contributed by atoms with Gasteiger partial charge in [-0.1, -0.05) is 19.4 Å². The molecule has 1 rings (SSSR count). The van der Waals surface area contributed by atoms with E-state index >= 15 is 0 Å². The Balaban J connectivity index is 2.97. The highest BCUT2D eigenvalue weighted by Crippen LogP contribution is 2.19. The van der Waals surface area contributed by atoms with Crippen LogP contribution in [-0.2, 0) is 6.42 Å². The van der Waals surface area contributed by atoms with Crippen LogP contribution in [0.2, 0.25) is 0 Å². The molecule has 2 heteroatoms. The van der Waals surface area contributed by atoms with Crippen LogP contribution in [-0.4, -0.2) is 11.7 Å². The average molecular weight is 216 g/mol. The summed E-state index contributed by atoms with van der Waals surface area (Å²) in [6.45, 7) is 6.03. The summed E-state index contributed by atoms with van der Waals surface area (Å²) in [5.41, 5.74) is 2.77. The predicted octanol–water partition coefficient (Wildman–Crippen LogP) is 2.81. The molecule has 0 amide bonds. The Kier molecular flexibility index (Phi) is 5.01. The lowest BCUT2D eigenvalue weighted by molar-refractivity contribution is 0.282. The molecule has 1 aromatic rings. The van der Waals surface area contributed by atoms with Crippen LogP contribution < -0.4 is 0 Å². The van der Waals surface area contributed by atoms with Crippen molar-refractivity contribution in [1.82, 2.24) is 0 Å². The minimum Gasteiger partial charge on any atom is -0.396 e. The monoisotopic (exact) mass is 216 g/mol. The fourth-order valence-electron chi connectivity index (χ4n) is 1.65. The highest BCUT2D eigenvalue weighted by Gasteiger charge is 2.07. The number of nitriles is 1. The Labute approximate surface area is 97.5 Å². The molecular weight excluding hydrogens is 198 g/mol. The van der Waals surface area contributed by atoms with Gasteiger partial charge >= 0.3 is 0 Å². The highest BCUT2D eigenvalue weighted by molar-refractivity contribution is 5.39. The van der Waals surface area contributed by atoms with Crippen LogP contribution in [0.25, 0.3) is 0 Å². The van der Waals surface area contributed by atoms with Crippen molar-refractivity contribution in [1.29, 1.82) is 5.26 Å². The molecule has 0 aliphatic rings. The number of nitrogens with zero attached hydrogens (tertiary/aromatic N) is 1. The third kappa shape index (κ3) is 3.36. The maximum absolute atomic E-state index is 9.07. The lowest BCUT2D eigenvalue weighted by Gasteiger charge is -2.11. The first-order chi connectivity index (χ1) is 7.71. The van der Waals surface area contributed by atoms with Crippen LogP contribution in [0.15, 0.2) is 18.2 Å². The molecule has 0 bridgehead atoms. The summed E-state index contributed by atoms with van der Waals surface area (Å²) in [4.78, 5) is 0. The fraction of sp³-hybridized carbons (Fsp3) is 0.429. The molecule has 0 aliphatic carbocycles. The molecule has 1 unspecified atom stereocenters. The van der Waals surface area contributed by atoms with E-state index in [2.05, 4.69) is 19.9 Å². The van der Waals surface area contributed by atoms with E-state index < -0.39 is 0 Å². The van der Waals surface area contributed by atoms with Crippen LogP contribution in [0.1, 0.15) is 42.4 Å². The molecular formula is C14H18NO. The summed E-state index contributed by atoms with van der Waals surface area (Å²) >= 11 is 0. The van der Waals surface area contributed by atoms with Gasteiger partial charge < -0.3 is 5.11 Å². The quantitative estimate of drug-likeness (QED) is 0.822. The van der Waals surface area contributed by atoms with Gasteiger partial charge in [0.2, 0.25) is 0 Å². The largest absolute Gasteiger partial charge is 0.396 e. The van der Waals surface area contributed by atoms with Crippen molar-refractivity contribution < 1.29 is 5.11 Å². The second kappa shape index (κ2) is 6.30. The second-order valence-corrected chi connectivity index (χ2v) is 4.06. The molecule has 16 heavy (non-hydrogen) atoms. The van der Waals surface area contributed by atoms with Crippen molar-refractivity contribution in [2.75, 3.05) is 6.61 Å². The van der Waals surface area contributed by atoms with Crippen molar-refractivity contribution in [3.8, 4) is 6.07 Å². The van der Waals surface area contributed by atoms with Gasteiger partial charge in [-0.05, 0) is 43.0 Å². The Hall–Kier alpha value is -1.33. The average Bonchev–Trinajstić information content (AvgIpc) is 2.34. The normalized spacial score (nSPS) is 12.1. The van der Waals surface area contributed by atoms with E-state index in [1.54, 1.807) is 0 Å². The molecule has 1 aromatic carbocycles. The maximum atomic E-state index is 9.07. The van der Waals surface area contributed by atoms with E-state index in [1.165, 1.54) is 0 Å². The molecule has 0 saturated carbocycles. The van der Waals surface area contributed by atoms with Crippen LogP contribution >= 0.6 is 0 Å². The number of rotatable bonds is 5. The molecule has 0 saturated heterocycles. The first-order valence-electron chi connectivity index (χ1n) is 5.69. The zero-order valence-corrected chi connectivity index (χ0v) is 9.74. The zero-order chi connectivity index (χ0) is 12.0. The number of benzene rings is 1. The molecule has 1 radical (unpaired) electrons. The van der Waals surface area contributed by atoms with Crippen LogP contribution in [0.4, 0.5) is 0 Å². The molecule has 2 nitrogen and oxygen atoms in total. The SMILES string of the molecule is [CH2]C(CO)c1cc(C#N)cc(CCCC)c1. The van der Waals surface area contributed by atoms with E-state index in [1.807, 2.05) is 18.2 Å². The number of hydrogen-bond acceptors (Lipinski definition) is 2. The molecule has 0 aromatic heterocycles. The first kappa shape index (κ1) is 12.7. The van der Waals surface area contributed by atoms with Crippen LogP contribution in [0, 0.1) is 18.3 Å². The Bertz CT molecular complexity index is 379. The Morgan fingerprint density at radius 2 is 2.19 bits per heavy atom. The van der Waals surface area contributed by atoms with E-state index in [9.17, 15) is 0 Å². The summed E-state index contributed by atoms with van der Waals surface area (Å²) in [5, 5.41) is 18.0. The zero-order valence-electron chi connectivity index (χ0n) is 9.74. The molecule has 0 heterocycles. The van der Waals surface area contributed by atoms with E-state index in [0.717, 1.165) is 30.4 Å². The van der Waals surface area contributed by atoms with Crippen LogP contribution in [0.5, 0.6) is 0 Å². The summed E-state index contributed by atoms with van der Waals surface area (Å²) in [5.74, 6) is -0.145. The summed E-state index contributed by atoms with van der Waals surface area (Å²) in [6.07, 6.45) is 3.24. The van der Waals surface area contributed by atoms with E-state index in [0.29, 0.717) is 5.56 Å². The van der Waals surface area contributed by atoms with Gasteiger partial charge in [-0.25, -0.2) is 0 Å². The molecule has 0 aliphatic heterocycles. The first-order valence-corrected chi connectivity index (χ1v) is 5.69. The number of hydrogen-bond donors (Lipinski definition) is 1. The fourth-order valence-corrected chi connectivity index (χ4v) is 1.65. The van der Waals surface area contributed by atoms with Crippen molar-refractivity contribution in [2.45, 2.75) is 32.1 Å². The van der Waals surface area contributed by atoms with Gasteiger partial charge in [0, 0.05) is 12.5 Å². The lowest BCUT2D eigenvalue weighted by atomic mass is 9.95. The number of aliphatic hydroxyl groups is 1. The minimum atomic E-state index is -0.145. The van der Waals surface area contributed by atoms with Gasteiger partial charge in [0.1, 0.15) is 0 Å². The number of aryl methyl sites for hydroxylation is 1. The van der Waals surface area contributed by atoms with Gasteiger partial charge in [0.05, 0.1) is 11.6 Å². The van der Waals surface area contributed by atoms with Crippen molar-refractivity contribution in [3.05, 3.63) is 41.8 Å². The summed E-state index contributed by atoms with van der Waals surface area (Å²) in [6, 6.07) is 7.93. The standard InChI is InChI=1S/C14H18NO/c1-3-4-5-12-6-13(9-15)8-14(7-12)11(2)10-16/h6-8,11,16H,2-5,10H2,1H3. The highest BCUT2D eigenvalue weighted by atomic mass is 16.3. The van der Waals surface area contributed by atoms with Crippen LogP contribution in [0.3, 0.4) is 0 Å². The third-order valence-corrected chi connectivity index (χ3v) is 2.66.